The molecule has 94 valence electrons. The van der Waals surface area contributed by atoms with Crippen molar-refractivity contribution < 1.29 is 4.74 Å². The van der Waals surface area contributed by atoms with Crippen molar-refractivity contribution in [3.63, 3.8) is 0 Å². The average Bonchev–Trinajstić information content (AvgIpc) is 2.38. The first-order valence-electron chi connectivity index (χ1n) is 5.62. The van der Waals surface area contributed by atoms with E-state index in [1.807, 2.05) is 36.4 Å². The number of anilines is 1. The van der Waals surface area contributed by atoms with E-state index in [0.717, 1.165) is 11.4 Å². The van der Waals surface area contributed by atoms with E-state index >= 15 is 0 Å². The number of hydrogen-bond donors (Lipinski definition) is 1. The highest BCUT2D eigenvalue weighted by atomic mass is 35.5. The van der Waals surface area contributed by atoms with E-state index in [1.54, 1.807) is 12.1 Å². The molecular formula is C14H13Cl2NO. The third-order valence-electron chi connectivity index (χ3n) is 2.36. The van der Waals surface area contributed by atoms with Gasteiger partial charge < -0.3 is 10.1 Å². The minimum atomic E-state index is 0.572. The van der Waals surface area contributed by atoms with Crippen molar-refractivity contribution in [2.75, 3.05) is 18.5 Å². The van der Waals surface area contributed by atoms with Crippen LogP contribution in [0.1, 0.15) is 0 Å². The van der Waals surface area contributed by atoms with Gasteiger partial charge in [0, 0.05) is 11.6 Å². The Morgan fingerprint density at radius 2 is 1.78 bits per heavy atom. The number of halogens is 2. The van der Waals surface area contributed by atoms with Gasteiger partial charge in [-0.25, -0.2) is 0 Å². The van der Waals surface area contributed by atoms with Gasteiger partial charge in [0.15, 0.2) is 0 Å². The van der Waals surface area contributed by atoms with Crippen molar-refractivity contribution in [1.29, 1.82) is 0 Å². The predicted octanol–water partition coefficient (Wildman–Crippen LogP) is 4.48. The van der Waals surface area contributed by atoms with Crippen LogP contribution in [-0.4, -0.2) is 13.2 Å². The number of para-hydroxylation sites is 1. The molecule has 1 N–H and O–H groups in total. The monoisotopic (exact) mass is 281 g/mol. The van der Waals surface area contributed by atoms with Crippen LogP contribution >= 0.6 is 23.2 Å². The maximum absolute atomic E-state index is 6.04. The molecule has 0 fully saturated rings. The Bertz CT molecular complexity index is 502. The molecule has 0 heterocycles. The molecule has 0 atom stereocenters. The second kappa shape index (κ2) is 6.53. The van der Waals surface area contributed by atoms with E-state index in [1.165, 1.54) is 0 Å². The Labute approximate surface area is 116 Å². The molecule has 0 aliphatic rings. The molecule has 2 aromatic carbocycles. The van der Waals surface area contributed by atoms with Gasteiger partial charge in [-0.05, 0) is 30.3 Å². The summed E-state index contributed by atoms with van der Waals surface area (Å²) >= 11 is 11.9. The Hall–Kier alpha value is -1.38. The van der Waals surface area contributed by atoms with Gasteiger partial charge in [0.2, 0.25) is 0 Å². The molecule has 4 heteroatoms. The van der Waals surface area contributed by atoms with Gasteiger partial charge in [0.25, 0.3) is 0 Å². The first kappa shape index (κ1) is 13.1. The van der Waals surface area contributed by atoms with Crippen LogP contribution in [0, 0.1) is 0 Å². The zero-order valence-electron chi connectivity index (χ0n) is 9.70. The number of nitrogens with one attached hydrogen (secondary N) is 1. The number of benzene rings is 2. The summed E-state index contributed by atoms with van der Waals surface area (Å²) in [7, 11) is 0. The van der Waals surface area contributed by atoms with E-state index in [9.17, 15) is 0 Å². The van der Waals surface area contributed by atoms with Crippen LogP contribution in [0.4, 0.5) is 5.69 Å². The van der Waals surface area contributed by atoms with Gasteiger partial charge in [-0.3, -0.25) is 0 Å². The third kappa shape index (κ3) is 3.83. The maximum Gasteiger partial charge on any atom is 0.119 e. The van der Waals surface area contributed by atoms with Gasteiger partial charge >= 0.3 is 0 Å². The summed E-state index contributed by atoms with van der Waals surface area (Å²) in [5.74, 6) is 0.863. The van der Waals surface area contributed by atoms with E-state index in [-0.39, 0.29) is 0 Å². The molecule has 2 rings (SSSR count). The van der Waals surface area contributed by atoms with Crippen molar-refractivity contribution >= 4 is 28.9 Å². The van der Waals surface area contributed by atoms with Crippen LogP contribution in [0.15, 0.2) is 48.5 Å². The molecule has 0 spiro atoms. The molecule has 0 aromatic heterocycles. The molecule has 0 amide bonds. The molecule has 18 heavy (non-hydrogen) atoms. The van der Waals surface area contributed by atoms with Gasteiger partial charge in [-0.1, -0.05) is 41.4 Å². The van der Waals surface area contributed by atoms with Crippen molar-refractivity contribution in [2.45, 2.75) is 0 Å². The quantitative estimate of drug-likeness (QED) is 0.816. The van der Waals surface area contributed by atoms with Gasteiger partial charge in [-0.15, -0.1) is 0 Å². The normalized spacial score (nSPS) is 10.1. The maximum atomic E-state index is 6.04. The summed E-state index contributed by atoms with van der Waals surface area (Å²) in [4.78, 5) is 0. The highest BCUT2D eigenvalue weighted by Gasteiger charge is 2.00. The summed E-state index contributed by atoms with van der Waals surface area (Å²) in [6.45, 7) is 1.25. The molecule has 0 radical (unpaired) electrons. The largest absolute Gasteiger partial charge is 0.492 e. The zero-order chi connectivity index (χ0) is 12.8. The molecular weight excluding hydrogens is 269 g/mol. The first-order chi connectivity index (χ1) is 8.75. The van der Waals surface area contributed by atoms with Crippen LogP contribution in [0.25, 0.3) is 0 Å². The van der Waals surface area contributed by atoms with E-state index in [0.29, 0.717) is 23.2 Å². The lowest BCUT2D eigenvalue weighted by Crippen LogP contribution is -2.11. The Balaban J connectivity index is 1.79. The molecule has 0 unspecified atom stereocenters. The van der Waals surface area contributed by atoms with E-state index in [4.69, 9.17) is 27.9 Å². The minimum absolute atomic E-state index is 0.572. The topological polar surface area (TPSA) is 21.3 Å². The van der Waals surface area contributed by atoms with Gasteiger partial charge in [0.05, 0.1) is 10.7 Å². The lowest BCUT2D eigenvalue weighted by Gasteiger charge is -2.10. The molecule has 0 aliphatic carbocycles. The fourth-order valence-electron chi connectivity index (χ4n) is 1.50. The Morgan fingerprint density at radius 1 is 1.00 bits per heavy atom. The summed E-state index contributed by atoms with van der Waals surface area (Å²) in [5, 5.41) is 4.44. The summed E-state index contributed by atoms with van der Waals surface area (Å²) in [5.41, 5.74) is 0.859. The van der Waals surface area contributed by atoms with Crippen LogP contribution in [0.5, 0.6) is 5.75 Å². The fraction of sp³-hybridized carbons (Fsp3) is 0.143. The van der Waals surface area contributed by atoms with Gasteiger partial charge in [-0.2, -0.15) is 0 Å². The minimum Gasteiger partial charge on any atom is -0.492 e. The lowest BCUT2D eigenvalue weighted by atomic mass is 10.3. The van der Waals surface area contributed by atoms with Crippen molar-refractivity contribution in [3.8, 4) is 5.75 Å². The fourth-order valence-corrected chi connectivity index (χ4v) is 1.98. The number of ether oxygens (including phenoxy) is 1. The van der Waals surface area contributed by atoms with Crippen LogP contribution < -0.4 is 10.1 Å². The highest BCUT2D eigenvalue weighted by Crippen LogP contribution is 2.25. The first-order valence-corrected chi connectivity index (χ1v) is 6.38. The third-order valence-corrected chi connectivity index (χ3v) is 2.91. The standard InChI is InChI=1S/C14H13Cl2NO/c15-11-6-7-14(13(16)10-11)17-8-9-18-12-4-2-1-3-5-12/h1-7,10,17H,8-9H2. The van der Waals surface area contributed by atoms with Crippen molar-refractivity contribution in [1.82, 2.24) is 0 Å². The molecule has 0 aliphatic heterocycles. The smallest absolute Gasteiger partial charge is 0.119 e. The summed E-state index contributed by atoms with van der Waals surface area (Å²) in [6, 6.07) is 15.1. The van der Waals surface area contributed by atoms with E-state index in [2.05, 4.69) is 5.32 Å². The summed E-state index contributed by atoms with van der Waals surface area (Å²) in [6.07, 6.45) is 0. The van der Waals surface area contributed by atoms with Crippen molar-refractivity contribution in [3.05, 3.63) is 58.6 Å². The average molecular weight is 282 g/mol. The second-order valence-corrected chi connectivity index (χ2v) is 4.56. The molecule has 2 nitrogen and oxygen atoms in total. The Kier molecular flexibility index (Phi) is 4.73. The zero-order valence-corrected chi connectivity index (χ0v) is 11.2. The molecule has 2 aromatic rings. The summed E-state index contributed by atoms with van der Waals surface area (Å²) < 4.78 is 5.56. The van der Waals surface area contributed by atoms with E-state index < -0.39 is 0 Å². The predicted molar refractivity (Wildman–Crippen MR) is 76.9 cm³/mol. The molecule has 0 saturated carbocycles. The SMILES string of the molecule is Clc1ccc(NCCOc2ccccc2)c(Cl)c1. The lowest BCUT2D eigenvalue weighted by molar-refractivity contribution is 0.333. The Morgan fingerprint density at radius 3 is 2.50 bits per heavy atom. The molecule has 0 bridgehead atoms. The van der Waals surface area contributed by atoms with Crippen molar-refractivity contribution in [2.24, 2.45) is 0 Å². The van der Waals surface area contributed by atoms with Crippen LogP contribution in [0.2, 0.25) is 10.0 Å². The van der Waals surface area contributed by atoms with Gasteiger partial charge in [0.1, 0.15) is 12.4 Å². The van der Waals surface area contributed by atoms with Crippen LogP contribution in [-0.2, 0) is 0 Å². The number of hydrogen-bond acceptors (Lipinski definition) is 2. The molecule has 0 saturated heterocycles. The second-order valence-electron chi connectivity index (χ2n) is 3.71. The highest BCUT2D eigenvalue weighted by molar-refractivity contribution is 6.36. The number of rotatable bonds is 5. The van der Waals surface area contributed by atoms with Crippen LogP contribution in [0.3, 0.4) is 0 Å².